The SMILES string of the molecule is O=P12C3=NC1=C2N3. The molecule has 0 saturated carbocycles. The molecule has 0 spiro atoms. The molecule has 1 fully saturated rings. The fourth-order valence-electron chi connectivity index (χ4n) is 0.969. The monoisotopic (exact) mass is 112 g/mol. The van der Waals surface area contributed by atoms with Crippen LogP contribution in [0.2, 0.25) is 0 Å². The molecule has 3 rings (SSSR count). The van der Waals surface area contributed by atoms with Gasteiger partial charge in [-0.05, 0) is 0 Å². The maximum absolute atomic E-state index is 10.9. The maximum atomic E-state index is 10.9. The van der Waals surface area contributed by atoms with Crippen molar-refractivity contribution in [2.24, 2.45) is 4.99 Å². The molecule has 4 heteroatoms. The van der Waals surface area contributed by atoms with Gasteiger partial charge in [0.25, 0.3) is 0 Å². The van der Waals surface area contributed by atoms with Crippen LogP contribution in [0.5, 0.6) is 0 Å². The van der Waals surface area contributed by atoms with Crippen molar-refractivity contribution in [2.45, 2.75) is 0 Å². The van der Waals surface area contributed by atoms with Gasteiger partial charge in [-0.1, -0.05) is 0 Å². The summed E-state index contributed by atoms with van der Waals surface area (Å²) < 4.78 is 10.9. The lowest BCUT2D eigenvalue weighted by atomic mass is 11.0. The van der Waals surface area contributed by atoms with Gasteiger partial charge in [0.1, 0.15) is 10.9 Å². The molecule has 0 aromatic carbocycles. The predicted molar refractivity (Wildman–Crippen MR) is 25.2 cm³/mol. The van der Waals surface area contributed by atoms with E-state index in [1.54, 1.807) is 0 Å². The van der Waals surface area contributed by atoms with Crippen LogP contribution < -0.4 is 5.32 Å². The number of aliphatic imine (C=N–C) groups is 1. The smallest absolute Gasteiger partial charge is 0.242 e. The number of nitrogens with one attached hydrogen (secondary N) is 1. The van der Waals surface area contributed by atoms with Gasteiger partial charge in [-0.15, -0.1) is 0 Å². The van der Waals surface area contributed by atoms with E-state index >= 15 is 0 Å². The fourth-order valence-corrected chi connectivity index (χ4v) is 2.90. The molecule has 1 saturated heterocycles. The quantitative estimate of drug-likeness (QED) is 0.462. The van der Waals surface area contributed by atoms with Gasteiger partial charge in [0, 0.05) is 0 Å². The lowest BCUT2D eigenvalue weighted by Gasteiger charge is -2.18. The summed E-state index contributed by atoms with van der Waals surface area (Å²) in [5.41, 5.74) is 2.54. The van der Waals surface area contributed by atoms with Crippen LogP contribution in [0, 0.1) is 0 Å². The van der Waals surface area contributed by atoms with Gasteiger partial charge in [-0.3, -0.25) is 0 Å². The van der Waals surface area contributed by atoms with E-state index in [9.17, 15) is 4.57 Å². The zero-order valence-corrected chi connectivity index (χ0v) is 4.20. The molecular formula is C3HN2OP. The van der Waals surface area contributed by atoms with Crippen molar-refractivity contribution in [1.82, 2.24) is 5.32 Å². The second-order valence-electron chi connectivity index (χ2n) is 1.84. The lowest BCUT2D eigenvalue weighted by molar-refractivity contribution is 0.589. The highest BCUT2D eigenvalue weighted by molar-refractivity contribution is 7.98. The van der Waals surface area contributed by atoms with Crippen LogP contribution in [0.4, 0.5) is 0 Å². The molecule has 3 nitrogen and oxygen atoms in total. The molecule has 0 radical (unpaired) electrons. The van der Waals surface area contributed by atoms with Crippen molar-refractivity contribution in [2.75, 3.05) is 0 Å². The van der Waals surface area contributed by atoms with Crippen molar-refractivity contribution in [3.63, 3.8) is 0 Å². The summed E-state index contributed by atoms with van der Waals surface area (Å²) in [5, 5.41) is 2.86. The normalized spacial score (nSPS) is 47.7. The first kappa shape index (κ1) is 2.68. The fraction of sp³-hybridized carbons (Fsp3) is 0. The second kappa shape index (κ2) is 0.397. The standard InChI is InChI=1S/C3HN2OP/c6-7-1-2(7)5-3(7)4-1/h(H,4,5). The first-order valence-electron chi connectivity index (χ1n) is 2.05. The highest BCUT2D eigenvalue weighted by atomic mass is 31.2. The zero-order chi connectivity index (χ0) is 4.65. The molecule has 0 amide bonds. The Morgan fingerprint density at radius 1 is 1.71 bits per heavy atom. The molecule has 34 valence electrons. The molecule has 0 aliphatic carbocycles. The van der Waals surface area contributed by atoms with Crippen LogP contribution in [-0.2, 0) is 4.57 Å². The Hall–Kier alpha value is -0.560. The van der Waals surface area contributed by atoms with E-state index in [-0.39, 0.29) is 0 Å². The summed E-state index contributed by atoms with van der Waals surface area (Å²) in [6.07, 6.45) is 0. The third-order valence-corrected chi connectivity index (χ3v) is 3.97. The third-order valence-electron chi connectivity index (χ3n) is 1.52. The van der Waals surface area contributed by atoms with E-state index in [4.69, 9.17) is 0 Å². The number of hydrogen-bond donors (Lipinski definition) is 1. The number of hydrogen-bond acceptors (Lipinski definition) is 3. The topological polar surface area (TPSA) is 41.5 Å². The molecule has 0 bridgehead atoms. The minimum atomic E-state index is -1.82. The van der Waals surface area contributed by atoms with E-state index in [1.165, 1.54) is 0 Å². The average Bonchev–Trinajstić information content (AvgIpc) is 2.27. The van der Waals surface area contributed by atoms with E-state index in [1.807, 2.05) is 0 Å². The summed E-state index contributed by atoms with van der Waals surface area (Å²) in [4.78, 5) is 3.86. The summed E-state index contributed by atoms with van der Waals surface area (Å²) in [7, 11) is -1.82. The second-order valence-corrected chi connectivity index (χ2v) is 4.35. The van der Waals surface area contributed by atoms with Gasteiger partial charge in [0.05, 0.1) is 0 Å². The maximum Gasteiger partial charge on any atom is 0.242 e. The van der Waals surface area contributed by atoms with E-state index < -0.39 is 7.14 Å². The Morgan fingerprint density at radius 3 is 2.57 bits per heavy atom. The van der Waals surface area contributed by atoms with Crippen molar-refractivity contribution in [3.05, 3.63) is 10.9 Å². The predicted octanol–water partition coefficient (Wildman–Crippen LogP) is 0.462. The van der Waals surface area contributed by atoms with E-state index in [2.05, 4.69) is 10.3 Å². The van der Waals surface area contributed by atoms with E-state index in [0.29, 0.717) is 0 Å². The molecule has 1 N–H and O–H groups in total. The Labute approximate surface area is 39.5 Å². The van der Waals surface area contributed by atoms with Gasteiger partial charge in [0.2, 0.25) is 7.14 Å². The van der Waals surface area contributed by atoms with Crippen LogP contribution >= 0.6 is 7.14 Å². The number of rotatable bonds is 0. The molecule has 3 aliphatic rings. The number of nitrogens with zero attached hydrogens (tertiary/aromatic N) is 1. The lowest BCUT2D eigenvalue weighted by Crippen LogP contribution is -2.26. The molecular weight excluding hydrogens is 111 g/mol. The van der Waals surface area contributed by atoms with Crippen molar-refractivity contribution in [1.29, 1.82) is 0 Å². The minimum absolute atomic E-state index is 0.748. The Morgan fingerprint density at radius 2 is 2.57 bits per heavy atom. The first-order valence-corrected chi connectivity index (χ1v) is 3.76. The molecule has 1 unspecified atom stereocenters. The van der Waals surface area contributed by atoms with Gasteiger partial charge < -0.3 is 9.88 Å². The van der Waals surface area contributed by atoms with E-state index in [0.717, 1.165) is 16.5 Å². The minimum Gasteiger partial charge on any atom is -0.331 e. The summed E-state index contributed by atoms with van der Waals surface area (Å²) in [5.74, 6) is 0. The number of amidine groups is 1. The molecule has 3 heterocycles. The van der Waals surface area contributed by atoms with Crippen LogP contribution in [0.15, 0.2) is 15.9 Å². The van der Waals surface area contributed by atoms with Crippen LogP contribution in [0.3, 0.4) is 0 Å². The molecule has 7 heavy (non-hydrogen) atoms. The molecule has 0 aromatic rings. The third kappa shape index (κ3) is 0.0855. The van der Waals surface area contributed by atoms with Gasteiger partial charge in [-0.25, -0.2) is 4.99 Å². The van der Waals surface area contributed by atoms with Crippen molar-refractivity contribution in [3.8, 4) is 0 Å². The van der Waals surface area contributed by atoms with Crippen LogP contribution in [0.25, 0.3) is 0 Å². The molecule has 1 atom stereocenters. The highest BCUT2D eigenvalue weighted by Gasteiger charge is 2.71. The first-order chi connectivity index (χ1) is 3.33. The Balaban J connectivity index is 2.65. The zero-order valence-electron chi connectivity index (χ0n) is 3.30. The molecule has 0 aromatic heterocycles. The van der Waals surface area contributed by atoms with Gasteiger partial charge in [0.15, 0.2) is 5.58 Å². The average molecular weight is 112 g/mol. The van der Waals surface area contributed by atoms with Crippen molar-refractivity contribution < 1.29 is 4.57 Å². The largest absolute Gasteiger partial charge is 0.331 e. The summed E-state index contributed by atoms with van der Waals surface area (Å²) in [6, 6.07) is 0. The Kier molecular flexibility index (Phi) is 0.152. The van der Waals surface area contributed by atoms with Crippen LogP contribution in [0.1, 0.15) is 0 Å². The van der Waals surface area contributed by atoms with Gasteiger partial charge in [-0.2, -0.15) is 0 Å². The van der Waals surface area contributed by atoms with Crippen molar-refractivity contribution >= 4 is 12.7 Å². The summed E-state index contributed by atoms with van der Waals surface area (Å²) >= 11 is 0. The van der Waals surface area contributed by atoms with Crippen LogP contribution in [-0.4, -0.2) is 5.58 Å². The molecule has 3 aliphatic heterocycles. The highest BCUT2D eigenvalue weighted by Crippen LogP contribution is 2.88. The summed E-state index contributed by atoms with van der Waals surface area (Å²) in [6.45, 7) is 0. The Bertz CT molecular complexity index is 279. The van der Waals surface area contributed by atoms with Gasteiger partial charge >= 0.3 is 0 Å².